The van der Waals surface area contributed by atoms with Gasteiger partial charge in [-0.25, -0.2) is 4.98 Å². The smallest absolute Gasteiger partial charge is 0.195 e. The maximum Gasteiger partial charge on any atom is 0.195 e. The maximum atomic E-state index is 12.7. The first-order chi connectivity index (χ1) is 15.2. The third kappa shape index (κ3) is 4.23. The normalized spacial score (nSPS) is 15.1. The molecule has 3 heterocycles. The van der Waals surface area contributed by atoms with Crippen molar-refractivity contribution in [2.24, 2.45) is 0 Å². The van der Waals surface area contributed by atoms with Crippen molar-refractivity contribution in [1.29, 1.82) is 0 Å². The van der Waals surface area contributed by atoms with E-state index in [1.807, 2.05) is 40.9 Å². The van der Waals surface area contributed by atoms with E-state index >= 15 is 0 Å². The Morgan fingerprint density at radius 1 is 1.06 bits per heavy atom. The summed E-state index contributed by atoms with van der Waals surface area (Å²) in [5.74, 6) is 0.451. The highest BCUT2D eigenvalue weighted by atomic mass is 32.1. The average molecular weight is 434 g/mol. The van der Waals surface area contributed by atoms with Crippen molar-refractivity contribution in [2.75, 3.05) is 19.6 Å². The largest absolute Gasteiger partial charge is 0.507 e. The van der Waals surface area contributed by atoms with E-state index in [-0.39, 0.29) is 11.5 Å². The molecule has 2 aromatic carbocycles. The molecule has 6 heteroatoms. The number of fused-ring (bicyclic) bond motifs is 3. The minimum absolute atomic E-state index is 0.224. The molecule has 0 atom stereocenters. The number of likely N-dealkylation sites (tertiary alicyclic amines) is 1. The Bertz CT molecular complexity index is 1220. The molecule has 0 spiro atoms. The number of rotatable bonds is 7. The molecule has 0 unspecified atom stereocenters. The van der Waals surface area contributed by atoms with Crippen LogP contribution in [-0.4, -0.2) is 44.8 Å². The Morgan fingerprint density at radius 3 is 2.74 bits per heavy atom. The van der Waals surface area contributed by atoms with Gasteiger partial charge in [0.1, 0.15) is 5.75 Å². The van der Waals surface area contributed by atoms with E-state index in [2.05, 4.69) is 4.90 Å². The second-order valence-electron chi connectivity index (χ2n) is 8.36. The molecule has 0 amide bonds. The Kier molecular flexibility index (Phi) is 5.74. The number of hydrogen-bond acceptors (Lipinski definition) is 5. The molecule has 0 bridgehead atoms. The zero-order chi connectivity index (χ0) is 21.2. The number of ketones is 1. The van der Waals surface area contributed by atoms with Crippen LogP contribution in [0, 0.1) is 0 Å². The second kappa shape index (κ2) is 8.81. The highest BCUT2D eigenvalue weighted by molar-refractivity contribution is 7.23. The predicted octanol–water partition coefficient (Wildman–Crippen LogP) is 5.76. The van der Waals surface area contributed by atoms with Crippen molar-refractivity contribution < 1.29 is 9.90 Å². The van der Waals surface area contributed by atoms with Gasteiger partial charge >= 0.3 is 0 Å². The van der Waals surface area contributed by atoms with Gasteiger partial charge in [0.05, 0.1) is 15.9 Å². The summed E-state index contributed by atoms with van der Waals surface area (Å²) in [6.45, 7) is 3.56. The number of nitrogens with zero attached hydrogens (tertiary/aromatic N) is 3. The topological polar surface area (TPSA) is 57.8 Å². The summed E-state index contributed by atoms with van der Waals surface area (Å²) >= 11 is 1.57. The zero-order valence-corrected chi connectivity index (χ0v) is 18.4. The molecular weight excluding hydrogens is 406 g/mol. The molecule has 1 saturated heterocycles. The Morgan fingerprint density at radius 2 is 1.90 bits per heavy atom. The maximum absolute atomic E-state index is 12.7. The van der Waals surface area contributed by atoms with Gasteiger partial charge in [-0.3, -0.25) is 9.20 Å². The molecule has 31 heavy (non-hydrogen) atoms. The molecule has 1 fully saturated rings. The molecule has 1 aliphatic heterocycles. The molecule has 160 valence electrons. The van der Waals surface area contributed by atoms with Crippen molar-refractivity contribution >= 4 is 32.3 Å². The lowest BCUT2D eigenvalue weighted by molar-refractivity contribution is 0.0977. The number of carbonyl (C=O) groups is 1. The third-order valence-electron chi connectivity index (χ3n) is 6.17. The standard InChI is InChI=1S/C25H27N3O2S/c29-22(9-4-7-15-27-13-5-1-6-14-27)18-11-12-21-24(16-18)31-25-26-20(17-28(21)25)19-8-2-3-10-23(19)30/h2-3,8,10-12,16-17,30H,1,4-7,9,13-15H2. The first kappa shape index (κ1) is 20.2. The van der Waals surface area contributed by atoms with Gasteiger partial charge in [-0.1, -0.05) is 29.9 Å². The van der Waals surface area contributed by atoms with Gasteiger partial charge in [-0.15, -0.1) is 0 Å². The number of phenolic OH excluding ortho intramolecular Hbond substituents is 1. The van der Waals surface area contributed by atoms with E-state index in [0.29, 0.717) is 6.42 Å². The number of para-hydroxylation sites is 1. The molecule has 0 radical (unpaired) electrons. The summed E-state index contributed by atoms with van der Waals surface area (Å²) < 4.78 is 3.10. The number of thiazole rings is 1. The number of carbonyl (C=O) groups excluding carboxylic acids is 1. The summed E-state index contributed by atoms with van der Waals surface area (Å²) in [6, 6.07) is 13.2. The number of unbranched alkanes of at least 4 members (excludes halogenated alkanes) is 1. The van der Waals surface area contributed by atoms with Crippen LogP contribution in [-0.2, 0) is 0 Å². The minimum Gasteiger partial charge on any atom is -0.507 e. The lowest BCUT2D eigenvalue weighted by Gasteiger charge is -2.26. The van der Waals surface area contributed by atoms with Crippen LogP contribution in [0.3, 0.4) is 0 Å². The van der Waals surface area contributed by atoms with Crippen LogP contribution in [0.15, 0.2) is 48.7 Å². The van der Waals surface area contributed by atoms with Gasteiger partial charge in [0.25, 0.3) is 0 Å². The first-order valence-corrected chi connectivity index (χ1v) is 12.0. The van der Waals surface area contributed by atoms with Crippen molar-refractivity contribution in [3.05, 3.63) is 54.2 Å². The van der Waals surface area contributed by atoms with E-state index in [1.54, 1.807) is 23.5 Å². The van der Waals surface area contributed by atoms with Gasteiger partial charge in [0.15, 0.2) is 10.7 Å². The number of imidazole rings is 1. The minimum atomic E-state index is 0.224. The molecule has 1 aliphatic rings. The van der Waals surface area contributed by atoms with Gasteiger partial charge < -0.3 is 10.0 Å². The average Bonchev–Trinajstić information content (AvgIpc) is 3.35. The summed E-state index contributed by atoms with van der Waals surface area (Å²) in [6.07, 6.45) is 8.60. The van der Waals surface area contributed by atoms with Crippen LogP contribution >= 0.6 is 11.3 Å². The Balaban J connectivity index is 1.27. The second-order valence-corrected chi connectivity index (χ2v) is 9.37. The molecule has 5 rings (SSSR count). The van der Waals surface area contributed by atoms with Gasteiger partial charge in [0, 0.05) is 23.7 Å². The number of aromatic nitrogens is 2. The quantitative estimate of drug-likeness (QED) is 0.297. The number of Topliss-reactive ketones (excluding diaryl/α,β-unsaturated/α-hetero) is 1. The summed E-state index contributed by atoms with van der Waals surface area (Å²) in [4.78, 5) is 20.8. The lowest BCUT2D eigenvalue weighted by atomic mass is 10.0. The lowest BCUT2D eigenvalue weighted by Crippen LogP contribution is -2.30. The fourth-order valence-electron chi connectivity index (χ4n) is 4.44. The molecule has 0 aliphatic carbocycles. The number of piperidine rings is 1. The first-order valence-electron chi connectivity index (χ1n) is 11.1. The van der Waals surface area contributed by atoms with Gasteiger partial charge in [-0.2, -0.15) is 0 Å². The van der Waals surface area contributed by atoms with E-state index in [0.717, 1.165) is 51.4 Å². The monoisotopic (exact) mass is 433 g/mol. The van der Waals surface area contributed by atoms with Crippen LogP contribution in [0.5, 0.6) is 5.75 Å². The van der Waals surface area contributed by atoms with E-state index in [9.17, 15) is 9.90 Å². The third-order valence-corrected chi connectivity index (χ3v) is 7.19. The van der Waals surface area contributed by atoms with Crippen molar-refractivity contribution in [1.82, 2.24) is 14.3 Å². The van der Waals surface area contributed by atoms with E-state index in [1.165, 1.54) is 32.4 Å². The molecular formula is C25H27N3O2S. The van der Waals surface area contributed by atoms with Crippen LogP contribution in [0.25, 0.3) is 26.4 Å². The highest BCUT2D eigenvalue weighted by Gasteiger charge is 2.15. The van der Waals surface area contributed by atoms with Crippen molar-refractivity contribution in [2.45, 2.75) is 38.5 Å². The molecule has 5 nitrogen and oxygen atoms in total. The van der Waals surface area contributed by atoms with Crippen LogP contribution in [0.2, 0.25) is 0 Å². The Hall–Kier alpha value is -2.70. The SMILES string of the molecule is O=C(CCCCN1CCCCC1)c1ccc2c(c1)sc1nc(-c3ccccc3O)cn12. The summed E-state index contributed by atoms with van der Waals surface area (Å²) in [5.41, 5.74) is 3.30. The molecule has 1 N–H and O–H groups in total. The highest BCUT2D eigenvalue weighted by Crippen LogP contribution is 2.33. The Labute approximate surface area is 186 Å². The fourth-order valence-corrected chi connectivity index (χ4v) is 5.49. The fraction of sp³-hybridized carbons (Fsp3) is 0.360. The molecule has 4 aromatic rings. The molecule has 0 saturated carbocycles. The van der Waals surface area contributed by atoms with Crippen molar-refractivity contribution in [3.8, 4) is 17.0 Å². The van der Waals surface area contributed by atoms with Gasteiger partial charge in [-0.05, 0) is 75.6 Å². The summed E-state index contributed by atoms with van der Waals surface area (Å²) in [7, 11) is 0. The van der Waals surface area contributed by atoms with Crippen LogP contribution in [0.1, 0.15) is 48.9 Å². The number of phenols is 1. The zero-order valence-electron chi connectivity index (χ0n) is 17.6. The van der Waals surface area contributed by atoms with Crippen LogP contribution in [0.4, 0.5) is 0 Å². The number of hydrogen-bond donors (Lipinski definition) is 1. The predicted molar refractivity (Wildman–Crippen MR) is 126 cm³/mol. The molecule has 2 aromatic heterocycles. The van der Waals surface area contributed by atoms with Crippen LogP contribution < -0.4 is 0 Å². The van der Waals surface area contributed by atoms with Crippen molar-refractivity contribution in [3.63, 3.8) is 0 Å². The van der Waals surface area contributed by atoms with E-state index < -0.39 is 0 Å². The summed E-state index contributed by atoms with van der Waals surface area (Å²) in [5, 5.41) is 10.1. The number of benzene rings is 2. The van der Waals surface area contributed by atoms with E-state index in [4.69, 9.17) is 4.98 Å². The van der Waals surface area contributed by atoms with Gasteiger partial charge in [0.2, 0.25) is 0 Å². The number of aromatic hydroxyl groups is 1.